The topological polar surface area (TPSA) is 79.0 Å². The van der Waals surface area contributed by atoms with Crippen molar-refractivity contribution in [2.75, 3.05) is 43.8 Å². The Kier molecular flexibility index (Phi) is 6.91. The fraction of sp³-hybridized carbons (Fsp3) is 0.435. The first-order valence-electron chi connectivity index (χ1n) is 10.5. The molecule has 31 heavy (non-hydrogen) atoms. The van der Waals surface area contributed by atoms with Gasteiger partial charge in [0.1, 0.15) is 5.75 Å². The Morgan fingerprint density at radius 1 is 1.10 bits per heavy atom. The first-order valence-corrected chi connectivity index (χ1v) is 12.1. The van der Waals surface area contributed by atoms with Crippen molar-refractivity contribution in [2.24, 2.45) is 0 Å². The van der Waals surface area contributed by atoms with Gasteiger partial charge in [-0.15, -0.1) is 0 Å². The summed E-state index contributed by atoms with van der Waals surface area (Å²) in [6.07, 6.45) is 0. The average molecular weight is 448 g/mol. The van der Waals surface area contributed by atoms with E-state index in [1.165, 1.54) is 12.7 Å². The number of nitrogens with one attached hydrogen (secondary N) is 1. The molecule has 0 bridgehead atoms. The van der Waals surface area contributed by atoms with Crippen LogP contribution < -0.4 is 9.46 Å². The van der Waals surface area contributed by atoms with E-state index in [9.17, 15) is 13.2 Å². The van der Waals surface area contributed by atoms with Crippen LogP contribution in [-0.2, 0) is 15.6 Å². The van der Waals surface area contributed by atoms with E-state index < -0.39 is 10.0 Å². The quantitative estimate of drug-likeness (QED) is 0.704. The number of anilines is 1. The highest BCUT2D eigenvalue weighted by Gasteiger charge is 2.33. The third-order valence-electron chi connectivity index (χ3n) is 5.92. The van der Waals surface area contributed by atoms with Crippen LogP contribution in [0, 0.1) is 0 Å². The number of amides is 1. The Morgan fingerprint density at radius 2 is 1.74 bits per heavy atom. The van der Waals surface area contributed by atoms with Gasteiger partial charge in [0.15, 0.2) is 0 Å². The van der Waals surface area contributed by atoms with Crippen molar-refractivity contribution in [1.29, 1.82) is 0 Å². The van der Waals surface area contributed by atoms with E-state index in [1.807, 2.05) is 23.1 Å². The highest BCUT2D eigenvalue weighted by molar-refractivity contribution is 7.92. The van der Waals surface area contributed by atoms with Crippen LogP contribution in [0.15, 0.2) is 48.5 Å². The smallest absolute Gasteiger partial charge is 0.257 e. The van der Waals surface area contributed by atoms with Gasteiger partial charge < -0.3 is 9.64 Å². The molecule has 1 heterocycles. The van der Waals surface area contributed by atoms with Crippen molar-refractivity contribution in [3.05, 3.63) is 59.7 Å². The Bertz CT molecular complexity index is 1020. The zero-order valence-electron chi connectivity index (χ0n) is 18.6. The lowest BCUT2D eigenvalue weighted by Gasteiger charge is -2.44. The minimum Gasteiger partial charge on any atom is -0.496 e. The molecule has 7 nitrogen and oxygen atoms in total. The molecule has 0 radical (unpaired) electrons. The number of nitrogens with zero attached hydrogens (tertiary/aromatic N) is 2. The zero-order valence-corrected chi connectivity index (χ0v) is 19.4. The molecular weight excluding hydrogens is 414 g/mol. The Labute approximate surface area is 186 Å². The van der Waals surface area contributed by atoms with Crippen molar-refractivity contribution in [3.8, 4) is 5.75 Å². The highest BCUT2D eigenvalue weighted by Crippen LogP contribution is 2.30. The van der Waals surface area contributed by atoms with Crippen molar-refractivity contribution in [1.82, 2.24) is 9.80 Å². The van der Waals surface area contributed by atoms with Gasteiger partial charge in [0.05, 0.1) is 24.1 Å². The standard InChI is InChI=1S/C23H31N3O4S.H2/c1-5-31(28,29)24-19-11-12-20(21(17-19)30-4)22(27)25-13-15-26(16-14-25)23(2,3)18-9-7-6-8-10-18;/h6-12,17,24H,5,13-16H2,1-4H3;1H. The second-order valence-corrected chi connectivity index (χ2v) is 10.1. The molecule has 1 saturated heterocycles. The van der Waals surface area contributed by atoms with Gasteiger partial charge in [0.25, 0.3) is 5.91 Å². The number of methoxy groups -OCH3 is 1. The molecule has 1 aliphatic heterocycles. The first-order chi connectivity index (χ1) is 14.7. The molecule has 2 aromatic rings. The van der Waals surface area contributed by atoms with Crippen molar-refractivity contribution in [3.63, 3.8) is 0 Å². The molecule has 0 aliphatic carbocycles. The van der Waals surface area contributed by atoms with Crippen LogP contribution in [0.5, 0.6) is 5.75 Å². The molecule has 1 amide bonds. The number of carbonyl (C=O) groups is 1. The summed E-state index contributed by atoms with van der Waals surface area (Å²) in [5, 5.41) is 0. The number of sulfonamides is 1. The van der Waals surface area contributed by atoms with Crippen LogP contribution in [0.25, 0.3) is 0 Å². The molecule has 1 fully saturated rings. The summed E-state index contributed by atoms with van der Waals surface area (Å²) >= 11 is 0. The lowest BCUT2D eigenvalue weighted by Crippen LogP contribution is -2.54. The lowest BCUT2D eigenvalue weighted by atomic mass is 9.91. The summed E-state index contributed by atoms with van der Waals surface area (Å²) < 4.78 is 31.5. The highest BCUT2D eigenvalue weighted by atomic mass is 32.2. The zero-order chi connectivity index (χ0) is 22.6. The molecule has 0 unspecified atom stereocenters. The molecule has 0 saturated carbocycles. The van der Waals surface area contributed by atoms with E-state index in [0.717, 1.165) is 13.1 Å². The van der Waals surface area contributed by atoms with Crippen molar-refractivity contribution >= 4 is 21.6 Å². The molecular formula is C23H33N3O4S. The molecule has 8 heteroatoms. The summed E-state index contributed by atoms with van der Waals surface area (Å²) in [5.74, 6) is 0.215. The van der Waals surface area contributed by atoms with E-state index in [1.54, 1.807) is 25.1 Å². The SMILES string of the molecule is CCS(=O)(=O)Nc1ccc(C(=O)N2CCN(C(C)(C)c3ccccc3)CC2)c(OC)c1.[HH]. The van der Waals surface area contributed by atoms with Crippen molar-refractivity contribution < 1.29 is 19.4 Å². The predicted molar refractivity (Wildman–Crippen MR) is 125 cm³/mol. The minimum atomic E-state index is -3.40. The second-order valence-electron chi connectivity index (χ2n) is 8.12. The molecule has 3 rings (SSSR count). The summed E-state index contributed by atoms with van der Waals surface area (Å²) in [5.41, 5.74) is 1.94. The molecule has 0 aromatic heterocycles. The summed E-state index contributed by atoms with van der Waals surface area (Å²) in [4.78, 5) is 17.4. The van der Waals surface area contributed by atoms with Crippen LogP contribution in [0.1, 0.15) is 38.1 Å². The van der Waals surface area contributed by atoms with Gasteiger partial charge in [-0.05, 0) is 38.5 Å². The van der Waals surface area contributed by atoms with Crippen LogP contribution in [-0.4, -0.2) is 63.2 Å². The molecule has 170 valence electrons. The van der Waals surface area contributed by atoms with E-state index in [0.29, 0.717) is 30.1 Å². The minimum absolute atomic E-state index is 0. The monoisotopic (exact) mass is 447 g/mol. The van der Waals surface area contributed by atoms with E-state index >= 15 is 0 Å². The van der Waals surface area contributed by atoms with E-state index in [4.69, 9.17) is 4.74 Å². The summed E-state index contributed by atoms with van der Waals surface area (Å²) in [6.45, 7) is 8.74. The maximum absolute atomic E-state index is 13.1. The van der Waals surface area contributed by atoms with Gasteiger partial charge in [-0.3, -0.25) is 14.4 Å². The van der Waals surface area contributed by atoms with Crippen molar-refractivity contribution in [2.45, 2.75) is 26.3 Å². The van der Waals surface area contributed by atoms with Gasteiger partial charge in [-0.25, -0.2) is 8.42 Å². The number of hydrogen-bond donors (Lipinski definition) is 1. The van der Waals surface area contributed by atoms with Crippen LogP contribution >= 0.6 is 0 Å². The van der Waals surface area contributed by atoms with E-state index in [-0.39, 0.29) is 18.6 Å². The molecule has 1 aliphatic rings. The van der Waals surface area contributed by atoms with Crippen LogP contribution in [0.3, 0.4) is 0 Å². The van der Waals surface area contributed by atoms with Crippen LogP contribution in [0.2, 0.25) is 0 Å². The number of carbonyl (C=O) groups excluding carboxylic acids is 1. The number of benzene rings is 2. The van der Waals surface area contributed by atoms with E-state index in [2.05, 4.69) is 35.6 Å². The number of piperazine rings is 1. The Morgan fingerprint density at radius 3 is 2.32 bits per heavy atom. The second kappa shape index (κ2) is 9.28. The van der Waals surface area contributed by atoms with Gasteiger partial charge >= 0.3 is 0 Å². The van der Waals surface area contributed by atoms with Crippen LogP contribution in [0.4, 0.5) is 5.69 Å². The van der Waals surface area contributed by atoms with Gasteiger partial charge in [-0.1, -0.05) is 30.3 Å². The third-order valence-corrected chi connectivity index (χ3v) is 7.23. The molecule has 1 N–H and O–H groups in total. The Balaban J connectivity index is 0.00000363. The number of hydrogen-bond acceptors (Lipinski definition) is 5. The summed E-state index contributed by atoms with van der Waals surface area (Å²) in [7, 11) is -1.92. The molecule has 2 aromatic carbocycles. The van der Waals surface area contributed by atoms with Gasteiger partial charge in [0.2, 0.25) is 10.0 Å². The molecule has 0 spiro atoms. The number of rotatable bonds is 7. The fourth-order valence-corrected chi connectivity index (χ4v) is 4.48. The average Bonchev–Trinajstić information content (AvgIpc) is 2.79. The maximum atomic E-state index is 13.1. The van der Waals surface area contributed by atoms with Gasteiger partial charge in [-0.2, -0.15) is 0 Å². The first kappa shape index (κ1) is 23.1. The largest absolute Gasteiger partial charge is 0.496 e. The fourth-order valence-electron chi connectivity index (χ4n) is 3.85. The Hall–Kier alpha value is -2.58. The number of ether oxygens (including phenoxy) is 1. The predicted octanol–water partition coefficient (Wildman–Crippen LogP) is 3.40. The third kappa shape index (κ3) is 5.19. The maximum Gasteiger partial charge on any atom is 0.257 e. The molecule has 0 atom stereocenters. The van der Waals surface area contributed by atoms with Gasteiger partial charge in [0, 0.05) is 39.2 Å². The summed E-state index contributed by atoms with van der Waals surface area (Å²) in [6, 6.07) is 15.2. The normalized spacial score (nSPS) is 15.5. The lowest BCUT2D eigenvalue weighted by molar-refractivity contribution is 0.0390.